The number of nitrogens with two attached hydrogens (primary N) is 2. The Kier molecular flexibility index (Phi) is 9.18. The van der Waals surface area contributed by atoms with Gasteiger partial charge in [-0.1, -0.05) is 6.92 Å². The Morgan fingerprint density at radius 1 is 1.45 bits per heavy atom. The van der Waals surface area contributed by atoms with E-state index < -0.39 is 6.10 Å². The van der Waals surface area contributed by atoms with Crippen molar-refractivity contribution < 1.29 is 14.9 Å². The summed E-state index contributed by atoms with van der Waals surface area (Å²) >= 11 is 1.86. The lowest BCUT2D eigenvalue weighted by molar-refractivity contribution is -0.0128. The maximum absolute atomic E-state index is 10.3. The molecule has 2 aliphatic rings. The Balaban J connectivity index is 1.52. The summed E-state index contributed by atoms with van der Waals surface area (Å²) in [5, 5.41) is 21.2. The number of ether oxygens (including phenoxy) is 1. The number of aryl methyl sites for hydroxylation is 1. The Labute approximate surface area is 190 Å². The summed E-state index contributed by atoms with van der Waals surface area (Å²) in [4.78, 5) is 5.17. The van der Waals surface area contributed by atoms with Gasteiger partial charge in [0.25, 0.3) is 0 Å². The Bertz CT molecular complexity index is 720. The molecule has 7 nitrogen and oxygen atoms in total. The minimum atomic E-state index is -0.599. The van der Waals surface area contributed by atoms with E-state index in [4.69, 9.17) is 16.3 Å². The van der Waals surface area contributed by atoms with Crippen molar-refractivity contribution in [1.82, 2.24) is 9.91 Å². The number of thiophene rings is 1. The van der Waals surface area contributed by atoms with Crippen LogP contribution in [0.15, 0.2) is 18.0 Å². The fourth-order valence-corrected chi connectivity index (χ4v) is 6.02. The largest absolute Gasteiger partial charge is 0.400 e. The van der Waals surface area contributed by atoms with Crippen LogP contribution in [-0.4, -0.2) is 71.2 Å². The zero-order valence-corrected chi connectivity index (χ0v) is 19.8. The van der Waals surface area contributed by atoms with Gasteiger partial charge in [0.05, 0.1) is 18.8 Å². The predicted molar refractivity (Wildman–Crippen MR) is 126 cm³/mol. The number of aliphatic hydroxyl groups is 2. The summed E-state index contributed by atoms with van der Waals surface area (Å²) in [6, 6.07) is 2.78. The van der Waals surface area contributed by atoms with Gasteiger partial charge in [0, 0.05) is 53.9 Å². The lowest BCUT2D eigenvalue weighted by Gasteiger charge is -2.38. The van der Waals surface area contributed by atoms with Gasteiger partial charge in [0.15, 0.2) is 0 Å². The van der Waals surface area contributed by atoms with E-state index in [-0.39, 0.29) is 12.7 Å². The van der Waals surface area contributed by atoms with Crippen LogP contribution in [0.5, 0.6) is 0 Å². The topological polar surface area (TPSA) is 108 Å². The maximum Gasteiger partial charge on any atom is 0.0991 e. The van der Waals surface area contributed by atoms with Crippen molar-refractivity contribution in [2.75, 3.05) is 32.8 Å². The summed E-state index contributed by atoms with van der Waals surface area (Å²) in [6.07, 6.45) is 6.89. The third-order valence-corrected chi connectivity index (χ3v) is 7.90. The average Bonchev–Trinajstić information content (AvgIpc) is 3.40. The minimum Gasteiger partial charge on any atom is -0.400 e. The van der Waals surface area contributed by atoms with Gasteiger partial charge < -0.3 is 25.7 Å². The third kappa shape index (κ3) is 6.66. The molecule has 2 saturated heterocycles. The molecule has 6 N–H and O–H groups in total. The van der Waals surface area contributed by atoms with E-state index in [0.29, 0.717) is 37.4 Å². The molecule has 0 spiro atoms. The molecule has 4 unspecified atom stereocenters. The van der Waals surface area contributed by atoms with Gasteiger partial charge in [-0.15, -0.1) is 11.3 Å². The van der Waals surface area contributed by atoms with Gasteiger partial charge in [-0.2, -0.15) is 0 Å². The summed E-state index contributed by atoms with van der Waals surface area (Å²) < 4.78 is 5.53. The second-order valence-electron chi connectivity index (χ2n) is 8.98. The van der Waals surface area contributed by atoms with E-state index >= 15 is 0 Å². The van der Waals surface area contributed by atoms with E-state index in [9.17, 15) is 10.2 Å². The molecule has 0 aromatic carbocycles. The van der Waals surface area contributed by atoms with Crippen LogP contribution in [0.3, 0.4) is 0 Å². The van der Waals surface area contributed by atoms with Gasteiger partial charge in [-0.25, -0.2) is 5.84 Å². The molecule has 0 amide bonds. The van der Waals surface area contributed by atoms with E-state index in [1.54, 1.807) is 6.20 Å². The van der Waals surface area contributed by atoms with Crippen molar-refractivity contribution in [1.29, 1.82) is 0 Å². The lowest BCUT2D eigenvalue weighted by atomic mass is 9.85. The fraction of sp³-hybridized carbons (Fsp3) is 0.739. The van der Waals surface area contributed by atoms with Crippen LogP contribution in [0.2, 0.25) is 0 Å². The highest BCUT2D eigenvalue weighted by Crippen LogP contribution is 2.37. The van der Waals surface area contributed by atoms with Crippen LogP contribution in [0.25, 0.3) is 0 Å². The normalized spacial score (nSPS) is 26.4. The SMILES string of the molecule is CCc1cc(C2CCN(C/C(N)=C/N(N)CC(O)C3CCCO3)C(C)C2)c(CCO)s1. The van der Waals surface area contributed by atoms with Crippen LogP contribution in [0.1, 0.15) is 60.8 Å². The minimum absolute atomic E-state index is 0.124. The van der Waals surface area contributed by atoms with Crippen LogP contribution in [0, 0.1) is 0 Å². The van der Waals surface area contributed by atoms with E-state index in [1.807, 2.05) is 11.3 Å². The molecular formula is C23H40N4O3S. The number of aliphatic hydroxyl groups excluding tert-OH is 2. The van der Waals surface area contributed by atoms with Gasteiger partial charge in [0.1, 0.15) is 0 Å². The molecule has 3 rings (SSSR count). The van der Waals surface area contributed by atoms with Crippen molar-refractivity contribution >= 4 is 11.3 Å². The Morgan fingerprint density at radius 3 is 2.90 bits per heavy atom. The molecule has 4 atom stereocenters. The first-order valence-electron chi connectivity index (χ1n) is 11.6. The molecule has 1 aromatic rings. The quantitative estimate of drug-likeness (QED) is 0.317. The highest BCUT2D eigenvalue weighted by Gasteiger charge is 2.29. The molecule has 3 heterocycles. The molecular weight excluding hydrogens is 412 g/mol. The van der Waals surface area contributed by atoms with Crippen LogP contribution in [0.4, 0.5) is 0 Å². The number of piperidine rings is 1. The molecule has 2 fully saturated rings. The first-order valence-corrected chi connectivity index (χ1v) is 12.5. The van der Waals surface area contributed by atoms with Gasteiger partial charge in [-0.3, -0.25) is 4.90 Å². The van der Waals surface area contributed by atoms with Gasteiger partial charge >= 0.3 is 0 Å². The van der Waals surface area contributed by atoms with E-state index in [2.05, 4.69) is 24.8 Å². The summed E-state index contributed by atoms with van der Waals surface area (Å²) in [6.45, 7) is 7.35. The Hall–Kier alpha value is -1.16. The first kappa shape index (κ1) is 24.5. The van der Waals surface area contributed by atoms with Crippen molar-refractivity contribution in [3.8, 4) is 0 Å². The lowest BCUT2D eigenvalue weighted by Crippen LogP contribution is -2.43. The molecule has 1 aromatic heterocycles. The summed E-state index contributed by atoms with van der Waals surface area (Å²) in [5.74, 6) is 6.61. The monoisotopic (exact) mass is 452 g/mol. The van der Waals surface area contributed by atoms with Crippen molar-refractivity contribution in [3.63, 3.8) is 0 Å². The number of hydrogen-bond donors (Lipinski definition) is 4. The number of rotatable bonds is 10. The highest BCUT2D eigenvalue weighted by molar-refractivity contribution is 7.12. The number of nitrogens with zero attached hydrogens (tertiary/aromatic N) is 2. The van der Waals surface area contributed by atoms with Crippen molar-refractivity contribution in [2.45, 2.75) is 76.5 Å². The van der Waals surface area contributed by atoms with E-state index in [0.717, 1.165) is 45.1 Å². The number of hydrazine groups is 1. The standard InChI is InChI=1S/C23H40N4O3S/c1-3-19-12-20(23(31-19)7-9-28)17-6-8-26(16(2)11-17)13-18(24)14-27(25)15-21(29)22-5-4-10-30-22/h12,14,16-17,21-22,28-29H,3-11,13,15,24-25H2,1-2H3/b18-14-. The number of hydrogen-bond acceptors (Lipinski definition) is 8. The molecule has 176 valence electrons. The summed E-state index contributed by atoms with van der Waals surface area (Å²) in [5.41, 5.74) is 8.44. The van der Waals surface area contributed by atoms with Crippen molar-refractivity contribution in [3.05, 3.63) is 33.3 Å². The van der Waals surface area contributed by atoms with Gasteiger partial charge in [-0.05, 0) is 63.1 Å². The van der Waals surface area contributed by atoms with Gasteiger partial charge in [0.2, 0.25) is 0 Å². The van der Waals surface area contributed by atoms with Crippen molar-refractivity contribution in [2.24, 2.45) is 11.6 Å². The predicted octanol–water partition coefficient (Wildman–Crippen LogP) is 1.93. The molecule has 8 heteroatoms. The van der Waals surface area contributed by atoms with E-state index in [1.165, 1.54) is 20.3 Å². The first-order chi connectivity index (χ1) is 14.9. The van der Waals surface area contributed by atoms with Crippen LogP contribution >= 0.6 is 11.3 Å². The third-order valence-electron chi connectivity index (χ3n) is 6.54. The second kappa shape index (κ2) is 11.6. The van der Waals surface area contributed by atoms with Crippen LogP contribution in [-0.2, 0) is 17.6 Å². The second-order valence-corrected chi connectivity index (χ2v) is 10.2. The molecule has 0 saturated carbocycles. The molecule has 0 radical (unpaired) electrons. The average molecular weight is 453 g/mol. The number of likely N-dealkylation sites (tertiary alicyclic amines) is 1. The smallest absolute Gasteiger partial charge is 0.0991 e. The van der Waals surface area contributed by atoms with Crippen LogP contribution < -0.4 is 11.6 Å². The highest BCUT2D eigenvalue weighted by atomic mass is 32.1. The zero-order valence-electron chi connectivity index (χ0n) is 19.0. The molecule has 0 aliphatic carbocycles. The molecule has 31 heavy (non-hydrogen) atoms. The zero-order chi connectivity index (χ0) is 22.4. The fourth-order valence-electron chi connectivity index (χ4n) is 4.84. The molecule has 2 aliphatic heterocycles. The Morgan fingerprint density at radius 2 is 2.26 bits per heavy atom. The maximum atomic E-state index is 10.3. The summed E-state index contributed by atoms with van der Waals surface area (Å²) in [7, 11) is 0. The molecule has 0 bridgehead atoms.